The van der Waals surface area contributed by atoms with Crippen molar-refractivity contribution in [2.75, 3.05) is 0 Å². The molecule has 10 rings (SSSR count). The molecule has 0 aromatic heterocycles. The fraction of sp³-hybridized carbons (Fsp3) is 0.241. The molecule has 0 spiro atoms. The minimum absolute atomic E-state index is 0.0146. The zero-order chi connectivity index (χ0) is 78.1. The predicted molar refractivity (Wildman–Crippen MR) is 374 cm³/mol. The van der Waals surface area contributed by atoms with Gasteiger partial charge in [0.1, 0.15) is 40.1 Å². The van der Waals surface area contributed by atoms with Crippen LogP contribution in [-0.4, -0.2) is 38.9 Å². The normalized spacial score (nSPS) is 11.8. The van der Waals surface area contributed by atoms with E-state index in [0.29, 0.717) is 0 Å². The van der Waals surface area contributed by atoms with Gasteiger partial charge in [-0.1, -0.05) is 198 Å². The Bertz CT molecular complexity index is 4480. The Hall–Kier alpha value is -6.96. The highest BCUT2D eigenvalue weighted by atomic mass is 127. The molecule has 0 N–H and O–H groups in total. The molecular formula is C79H78F10I2O9S4. The molecule has 104 heavy (non-hydrogen) atoms. The lowest BCUT2D eigenvalue weighted by atomic mass is 9.82. The van der Waals surface area contributed by atoms with Gasteiger partial charge in [0.05, 0.1) is 15.8 Å². The van der Waals surface area contributed by atoms with Crippen molar-refractivity contribution in [3.63, 3.8) is 0 Å². The van der Waals surface area contributed by atoms with Crippen LogP contribution < -0.4 is 42.4 Å². The van der Waals surface area contributed by atoms with E-state index in [9.17, 15) is 82.8 Å². The molecule has 0 atom stereocenters. The Morgan fingerprint density at radius 2 is 0.558 bits per heavy atom. The molecule has 25 heteroatoms. The van der Waals surface area contributed by atoms with E-state index in [4.69, 9.17) is 0 Å². The van der Waals surface area contributed by atoms with Crippen LogP contribution in [0, 0.1) is 79.4 Å². The summed E-state index contributed by atoms with van der Waals surface area (Å²) in [5.41, 5.74) is 7.55. The summed E-state index contributed by atoms with van der Waals surface area (Å²) in [4.78, 5) is -0.838. The van der Waals surface area contributed by atoms with Gasteiger partial charge in [-0.05, 0) is 166 Å². The zero-order valence-corrected chi connectivity index (χ0v) is 66.5. The number of hydrogen-bond acceptors (Lipinski definition) is 9. The van der Waals surface area contributed by atoms with Gasteiger partial charge >= 0.3 is 42.4 Å². The highest BCUT2D eigenvalue weighted by Crippen LogP contribution is 2.33. The quantitative estimate of drug-likeness (QED) is 0.0256. The average molecular weight is 1740 g/mol. The Kier molecular flexibility index (Phi) is 31.6. The van der Waals surface area contributed by atoms with E-state index >= 15 is 0 Å². The summed E-state index contributed by atoms with van der Waals surface area (Å²) in [6.45, 7) is 29.2. The van der Waals surface area contributed by atoms with Crippen LogP contribution >= 0.6 is 0 Å². The molecule has 0 aliphatic heterocycles. The van der Waals surface area contributed by atoms with Crippen molar-refractivity contribution in [1.29, 1.82) is 0 Å². The Morgan fingerprint density at radius 1 is 0.317 bits per heavy atom. The lowest BCUT2D eigenvalue weighted by molar-refractivity contribution is -0.597. The van der Waals surface area contributed by atoms with Crippen molar-refractivity contribution < 1.29 is 125 Å². The first-order chi connectivity index (χ1) is 48.2. The average Bonchev–Trinajstić information content (AvgIpc) is 0.779. The van der Waals surface area contributed by atoms with Crippen LogP contribution in [0.15, 0.2) is 242 Å². The predicted octanol–water partition coefficient (Wildman–Crippen LogP) is 13.9. The van der Waals surface area contributed by atoms with Crippen molar-refractivity contribution in [2.45, 2.75) is 154 Å². The maximum absolute atomic E-state index is 12.6. The molecule has 0 amide bonds. The number of benzene rings is 10. The SMILES string of the molecule is CC(C)(C)c1ccc([I+]c2ccc(C(C)(C)C)cc2)cc1.CCC(C)(C)c1ccc([I+]c2ccc(C(C)(C)CC)cc2)cc1.Cc1cccc(S(=O)(=O)[O-])c1.O=S(=O)([O-])c1c(F)c(F)c(F)c(F)c1F.O=S(=O)([O-])c1c(F)c(F)c(F)c(F)c1F.c1ccc([S+](c2ccccc2)c2ccccc2)cc1. The van der Waals surface area contributed by atoms with Crippen LogP contribution in [0.3, 0.4) is 0 Å². The van der Waals surface area contributed by atoms with Crippen molar-refractivity contribution >= 4 is 41.2 Å². The van der Waals surface area contributed by atoms with Gasteiger partial charge in [0.25, 0.3) is 0 Å². The van der Waals surface area contributed by atoms with E-state index in [-0.39, 0.29) is 79.9 Å². The van der Waals surface area contributed by atoms with Crippen LogP contribution in [0.2, 0.25) is 0 Å². The van der Waals surface area contributed by atoms with E-state index in [2.05, 4.69) is 271 Å². The van der Waals surface area contributed by atoms with E-state index < -0.39 is 98.3 Å². The van der Waals surface area contributed by atoms with Crippen molar-refractivity contribution in [1.82, 2.24) is 0 Å². The number of rotatable bonds is 14. The van der Waals surface area contributed by atoms with Crippen LogP contribution in [0.5, 0.6) is 0 Å². The fourth-order valence-electron chi connectivity index (χ4n) is 9.07. The topological polar surface area (TPSA) is 172 Å². The van der Waals surface area contributed by atoms with Gasteiger partial charge < -0.3 is 13.7 Å². The summed E-state index contributed by atoms with van der Waals surface area (Å²) >= 11 is -0.150. The first-order valence-corrected chi connectivity index (χ1v) is 41.6. The van der Waals surface area contributed by atoms with Crippen LogP contribution in [0.25, 0.3) is 0 Å². The molecule has 0 aliphatic carbocycles. The van der Waals surface area contributed by atoms with Gasteiger partial charge in [-0.3, -0.25) is 0 Å². The molecule has 0 unspecified atom stereocenters. The lowest BCUT2D eigenvalue weighted by Crippen LogP contribution is -3.61. The van der Waals surface area contributed by atoms with E-state index in [1.807, 2.05) is 0 Å². The van der Waals surface area contributed by atoms with Crippen LogP contribution in [0.4, 0.5) is 43.9 Å². The zero-order valence-electron chi connectivity index (χ0n) is 59.0. The number of aryl methyl sites for hydroxylation is 1. The minimum atomic E-state index is -5.77. The molecule has 10 aromatic carbocycles. The fourth-order valence-corrected chi connectivity index (χ4v) is 17.3. The number of hydrogen-bond donors (Lipinski definition) is 0. The van der Waals surface area contributed by atoms with Crippen LogP contribution in [0.1, 0.15) is 124 Å². The van der Waals surface area contributed by atoms with Gasteiger partial charge in [-0.15, -0.1) is 0 Å². The maximum Gasteiger partial charge on any atom is 0.357 e. The third-order valence-corrected chi connectivity index (χ3v) is 26.1. The van der Waals surface area contributed by atoms with Gasteiger partial charge in [0, 0.05) is 0 Å². The van der Waals surface area contributed by atoms with Crippen LogP contribution in [-0.2, 0) is 62.9 Å². The lowest BCUT2D eigenvalue weighted by Gasteiger charge is -2.23. The van der Waals surface area contributed by atoms with Gasteiger partial charge in [0.15, 0.2) is 75.5 Å². The summed E-state index contributed by atoms with van der Waals surface area (Å²) in [7, 11) is -15.8. The second kappa shape index (κ2) is 37.5. The maximum atomic E-state index is 12.6. The Labute approximate surface area is 627 Å². The van der Waals surface area contributed by atoms with Crippen molar-refractivity contribution in [3.05, 3.63) is 313 Å². The molecule has 0 radical (unpaired) electrons. The summed E-state index contributed by atoms with van der Waals surface area (Å²) < 4.78 is 223. The molecule has 0 fully saturated rings. The molecular weight excluding hydrogens is 1660 g/mol. The molecule has 10 aromatic rings. The first kappa shape index (κ1) is 87.7. The second-order valence-corrected chi connectivity index (χ2v) is 38.5. The minimum Gasteiger partial charge on any atom is -0.744 e. The standard InChI is InChI=1S/C22H30I.C20H26I.C18H15S.C7H8O3S.2C6HF5O3S/c1-7-21(3,4)17-9-13-19(14-10-17)23-20-15-11-18(12-16-20)22(5,6)8-2;1-19(2,3)15-7-11-17(12-8-15)21-18-13-9-16(10-14-18)20(4,5)6;1-4-10-16(11-5-1)19(17-12-6-2-7-13-17)18-14-8-3-9-15-18;1-6-3-2-4-7(5-6)11(8,9)10;2*7-1-2(8)4(10)6(15(12,13)14)5(11)3(1)9/h9-16H,7-8H2,1-6H3;7-14H,1-6H3;1-15H;2-5H,1H3,(H,8,9,10);2*(H,12,13,14)/q3*+1;;;/p-3. The summed E-state index contributed by atoms with van der Waals surface area (Å²) in [6.07, 6.45) is 2.35. The smallest absolute Gasteiger partial charge is 0.357 e. The van der Waals surface area contributed by atoms with E-state index in [1.165, 1.54) is 76.2 Å². The second-order valence-electron chi connectivity index (χ2n) is 26.4. The largest absolute Gasteiger partial charge is 0.744 e. The molecule has 556 valence electrons. The van der Waals surface area contributed by atoms with E-state index in [1.54, 1.807) is 19.1 Å². The monoisotopic (exact) mass is 1740 g/mol. The summed E-state index contributed by atoms with van der Waals surface area (Å²) in [5.74, 6) is -25.7. The first-order valence-electron chi connectivity index (χ1n) is 31.8. The highest BCUT2D eigenvalue weighted by molar-refractivity contribution is 7.97. The Morgan fingerprint density at radius 3 is 0.760 bits per heavy atom. The van der Waals surface area contributed by atoms with Gasteiger partial charge in [-0.2, -0.15) is 0 Å². The van der Waals surface area contributed by atoms with Crippen molar-refractivity contribution in [3.8, 4) is 0 Å². The molecule has 9 nitrogen and oxygen atoms in total. The summed E-state index contributed by atoms with van der Waals surface area (Å²) in [5, 5.41) is 0. The molecule has 0 saturated heterocycles. The van der Waals surface area contributed by atoms with Crippen molar-refractivity contribution in [2.24, 2.45) is 0 Å². The molecule has 0 aliphatic rings. The number of halogens is 12. The third-order valence-electron chi connectivity index (χ3n) is 15.9. The molecule has 0 saturated carbocycles. The van der Waals surface area contributed by atoms with E-state index in [0.717, 1.165) is 5.56 Å². The Balaban J connectivity index is 0.000000227. The highest BCUT2D eigenvalue weighted by Gasteiger charge is 2.32. The third kappa shape index (κ3) is 25.1. The van der Waals surface area contributed by atoms with Gasteiger partial charge in [0.2, 0.25) is 11.6 Å². The molecule has 0 heterocycles. The summed E-state index contributed by atoms with van der Waals surface area (Å²) in [6, 6.07) is 75.1. The van der Waals surface area contributed by atoms with Gasteiger partial charge in [-0.25, -0.2) is 69.2 Å². The molecule has 0 bridgehead atoms.